The fourth-order valence-electron chi connectivity index (χ4n) is 7.67. The van der Waals surface area contributed by atoms with Gasteiger partial charge in [-0.25, -0.2) is 9.97 Å². The molecule has 3 aliphatic rings. The van der Waals surface area contributed by atoms with Crippen LogP contribution < -0.4 is 10.5 Å². The molecule has 3 atom stereocenters. The van der Waals surface area contributed by atoms with Crippen LogP contribution in [0.5, 0.6) is 5.75 Å². The summed E-state index contributed by atoms with van der Waals surface area (Å²) in [5.41, 5.74) is 11.7. The SMILES string of the molecule is COc1cc(C(=O)N2CC3CCC2[C@@H]3N)cc2nc3n(c12)Cc1cnn(c1)CCCCCCCn1c-3cc2cccnc21. The van der Waals surface area contributed by atoms with Gasteiger partial charge in [0.1, 0.15) is 16.9 Å². The molecular formula is C33H38N8O2. The summed E-state index contributed by atoms with van der Waals surface area (Å²) < 4.78 is 12.6. The molecule has 4 aromatic heterocycles. The molecule has 6 heterocycles. The maximum absolute atomic E-state index is 13.9. The van der Waals surface area contributed by atoms with Gasteiger partial charge in [0.2, 0.25) is 0 Å². The van der Waals surface area contributed by atoms with Gasteiger partial charge < -0.3 is 24.5 Å². The zero-order chi connectivity index (χ0) is 29.1. The predicted octanol–water partition coefficient (Wildman–Crippen LogP) is 4.83. The largest absolute Gasteiger partial charge is 0.494 e. The van der Waals surface area contributed by atoms with Crippen LogP contribution in [0.3, 0.4) is 0 Å². The van der Waals surface area contributed by atoms with Crippen molar-refractivity contribution < 1.29 is 9.53 Å². The molecule has 4 bridgehead atoms. The molecule has 2 aliphatic heterocycles. The first kappa shape index (κ1) is 26.4. The Hall–Kier alpha value is -4.18. The van der Waals surface area contributed by atoms with Crippen molar-refractivity contribution in [2.24, 2.45) is 11.7 Å². The zero-order valence-electron chi connectivity index (χ0n) is 24.7. The Balaban J connectivity index is 1.31. The van der Waals surface area contributed by atoms with E-state index in [2.05, 4.69) is 37.2 Å². The number of benzene rings is 1. The normalized spacial score (nSPS) is 22.4. The quantitative estimate of drug-likeness (QED) is 0.321. The molecule has 1 amide bonds. The Labute approximate surface area is 250 Å². The fraction of sp³-hybridized carbons (Fsp3) is 0.455. The van der Waals surface area contributed by atoms with E-state index in [1.807, 2.05) is 35.5 Å². The minimum atomic E-state index is 0.00740. The van der Waals surface area contributed by atoms with E-state index in [-0.39, 0.29) is 18.0 Å². The molecule has 2 fully saturated rings. The molecule has 2 N–H and O–H groups in total. The van der Waals surface area contributed by atoms with E-state index < -0.39 is 0 Å². The van der Waals surface area contributed by atoms with Gasteiger partial charge in [-0.3, -0.25) is 9.48 Å². The van der Waals surface area contributed by atoms with Gasteiger partial charge in [-0.2, -0.15) is 5.10 Å². The van der Waals surface area contributed by atoms with Crippen molar-refractivity contribution >= 4 is 28.0 Å². The van der Waals surface area contributed by atoms with Crippen molar-refractivity contribution in [2.75, 3.05) is 13.7 Å². The van der Waals surface area contributed by atoms with Gasteiger partial charge in [0, 0.05) is 60.6 Å². The van der Waals surface area contributed by atoms with Crippen LogP contribution in [-0.2, 0) is 19.6 Å². The number of methoxy groups -OCH3 is 1. The Morgan fingerprint density at radius 3 is 2.72 bits per heavy atom. The fourth-order valence-corrected chi connectivity index (χ4v) is 7.67. The summed E-state index contributed by atoms with van der Waals surface area (Å²) in [5.74, 6) is 1.87. The van der Waals surface area contributed by atoms with Gasteiger partial charge in [-0.15, -0.1) is 0 Å². The average molecular weight is 579 g/mol. The van der Waals surface area contributed by atoms with Crippen LogP contribution in [0.4, 0.5) is 0 Å². The molecule has 10 nitrogen and oxygen atoms in total. The van der Waals surface area contributed by atoms with Crippen LogP contribution in [-0.4, -0.2) is 65.4 Å². The highest BCUT2D eigenvalue weighted by Gasteiger charge is 2.47. The maximum Gasteiger partial charge on any atom is 0.254 e. The van der Waals surface area contributed by atoms with E-state index in [1.165, 1.54) is 12.8 Å². The van der Waals surface area contributed by atoms with E-state index in [9.17, 15) is 4.79 Å². The highest BCUT2D eigenvalue weighted by molar-refractivity contribution is 6.00. The van der Waals surface area contributed by atoms with Crippen LogP contribution in [0.15, 0.2) is 48.9 Å². The molecule has 43 heavy (non-hydrogen) atoms. The third-order valence-electron chi connectivity index (χ3n) is 9.87. The van der Waals surface area contributed by atoms with Crippen LogP contribution in [0.1, 0.15) is 60.9 Å². The molecule has 1 saturated carbocycles. The first-order valence-corrected chi connectivity index (χ1v) is 15.7. The van der Waals surface area contributed by atoms with Gasteiger partial charge in [-0.05, 0) is 61.9 Å². The number of hydrogen-bond acceptors (Lipinski definition) is 6. The van der Waals surface area contributed by atoms with Gasteiger partial charge in [-0.1, -0.05) is 19.3 Å². The van der Waals surface area contributed by atoms with E-state index in [0.717, 1.165) is 90.9 Å². The number of imidazole rings is 1. The van der Waals surface area contributed by atoms with Crippen molar-refractivity contribution in [1.29, 1.82) is 0 Å². The number of nitrogens with two attached hydrogens (primary N) is 1. The summed E-state index contributed by atoms with van der Waals surface area (Å²) in [6, 6.07) is 10.3. The minimum Gasteiger partial charge on any atom is -0.494 e. The lowest BCUT2D eigenvalue weighted by Gasteiger charge is -2.27. The zero-order valence-corrected chi connectivity index (χ0v) is 24.7. The number of nitrogens with zero attached hydrogens (tertiary/aromatic N) is 7. The summed E-state index contributed by atoms with van der Waals surface area (Å²) in [7, 11) is 1.67. The highest BCUT2D eigenvalue weighted by atomic mass is 16.5. The number of amides is 1. The number of aryl methyl sites for hydroxylation is 2. The standard InChI is InChI=1S/C33H38N8O2/c1-43-28-16-24(33(42)40-20-23-9-10-26(40)29(23)34)14-25-30(28)41-19-21-17-36-38(18-21)12-5-3-2-4-6-13-39-27(32(41)37-25)15-22-8-7-11-35-31(22)39/h7-8,11,14-18,23,26,29H,2-6,9-10,12-13,19-20,34H2,1H3/t23?,26?,29-/m1/s1. The summed E-state index contributed by atoms with van der Waals surface area (Å²) in [4.78, 5) is 25.9. The predicted molar refractivity (Wildman–Crippen MR) is 165 cm³/mol. The van der Waals surface area contributed by atoms with E-state index in [4.69, 9.17) is 20.4 Å². The number of fused-ring (bicyclic) bond motifs is 11. The van der Waals surface area contributed by atoms with Gasteiger partial charge in [0.15, 0.2) is 5.82 Å². The summed E-state index contributed by atoms with van der Waals surface area (Å²) >= 11 is 0. The highest BCUT2D eigenvalue weighted by Crippen LogP contribution is 2.39. The topological polar surface area (TPSA) is 109 Å². The van der Waals surface area contributed by atoms with E-state index in [1.54, 1.807) is 7.11 Å². The number of carbonyl (C=O) groups excluding carboxylic acids is 1. The molecular weight excluding hydrogens is 540 g/mol. The number of piperidine rings is 1. The van der Waals surface area contributed by atoms with Gasteiger partial charge in [0.25, 0.3) is 5.91 Å². The number of ether oxygens (including phenoxy) is 1. The molecule has 1 aliphatic carbocycles. The van der Waals surface area contributed by atoms with Crippen LogP contribution >= 0.6 is 0 Å². The van der Waals surface area contributed by atoms with Crippen molar-refractivity contribution in [3.8, 4) is 17.3 Å². The number of likely N-dealkylation sites (tertiary alicyclic amines) is 1. The summed E-state index contributed by atoms with van der Waals surface area (Å²) in [6.07, 6.45) is 13.8. The smallest absolute Gasteiger partial charge is 0.254 e. The Morgan fingerprint density at radius 2 is 1.91 bits per heavy atom. The van der Waals surface area contributed by atoms with Crippen molar-refractivity contribution in [3.05, 3.63) is 60.0 Å². The van der Waals surface area contributed by atoms with Crippen LogP contribution in [0.2, 0.25) is 0 Å². The molecule has 1 aromatic carbocycles. The second-order valence-corrected chi connectivity index (χ2v) is 12.5. The summed E-state index contributed by atoms with van der Waals surface area (Å²) in [5, 5.41) is 5.76. The Kier molecular flexibility index (Phi) is 6.47. The molecule has 10 heteroatoms. The monoisotopic (exact) mass is 578 g/mol. The van der Waals surface area contributed by atoms with Crippen molar-refractivity contribution in [3.63, 3.8) is 0 Å². The van der Waals surface area contributed by atoms with Crippen molar-refractivity contribution in [1.82, 2.24) is 33.8 Å². The number of hydrogen-bond donors (Lipinski definition) is 1. The Bertz CT molecular complexity index is 1830. The lowest BCUT2D eigenvalue weighted by molar-refractivity contribution is 0.0700. The van der Waals surface area contributed by atoms with Gasteiger partial charge >= 0.3 is 0 Å². The molecule has 222 valence electrons. The van der Waals surface area contributed by atoms with Crippen LogP contribution in [0, 0.1) is 5.92 Å². The molecule has 0 spiro atoms. The third kappa shape index (κ3) is 4.42. The van der Waals surface area contributed by atoms with Gasteiger partial charge in [0.05, 0.1) is 31.1 Å². The number of rotatable bonds is 2. The minimum absolute atomic E-state index is 0.00740. The molecule has 8 rings (SSSR count). The van der Waals surface area contributed by atoms with E-state index >= 15 is 0 Å². The molecule has 0 radical (unpaired) electrons. The first-order valence-electron chi connectivity index (χ1n) is 15.7. The molecule has 1 saturated heterocycles. The van der Waals surface area contributed by atoms with Crippen LogP contribution in [0.25, 0.3) is 33.6 Å². The second-order valence-electron chi connectivity index (χ2n) is 12.5. The van der Waals surface area contributed by atoms with Crippen molar-refractivity contribution in [2.45, 2.75) is 76.7 Å². The second kappa shape index (κ2) is 10.5. The summed E-state index contributed by atoms with van der Waals surface area (Å²) in [6.45, 7) is 3.09. The lowest BCUT2D eigenvalue weighted by atomic mass is 10.1. The van der Waals surface area contributed by atoms with E-state index in [0.29, 0.717) is 23.8 Å². The molecule has 5 aromatic rings. The average Bonchev–Trinajstić information content (AvgIpc) is 3.85. The molecule has 2 unspecified atom stereocenters. The number of pyridine rings is 1. The first-order chi connectivity index (χ1) is 21.1. The third-order valence-corrected chi connectivity index (χ3v) is 9.87. The number of carbonyl (C=O) groups is 1. The Morgan fingerprint density at radius 1 is 1.05 bits per heavy atom. The lowest BCUT2D eigenvalue weighted by Crippen LogP contribution is -2.41. The maximum atomic E-state index is 13.9. The number of aromatic nitrogens is 6.